The summed E-state index contributed by atoms with van der Waals surface area (Å²) in [6.45, 7) is 4.93. The van der Waals surface area contributed by atoms with Gasteiger partial charge >= 0.3 is 0 Å². The Balaban J connectivity index is 1.52. The maximum atomic E-state index is 14.2. The van der Waals surface area contributed by atoms with Crippen molar-refractivity contribution in [3.8, 4) is 22.6 Å². The van der Waals surface area contributed by atoms with Crippen LogP contribution in [0.25, 0.3) is 11.1 Å². The zero-order valence-electron chi connectivity index (χ0n) is 27.8. The van der Waals surface area contributed by atoms with Gasteiger partial charge in [0, 0.05) is 36.8 Å². The molecule has 258 valence electrons. The molecule has 0 fully saturated rings. The fraction of sp³-hybridized carbons (Fsp3) is 0.472. The molecule has 0 aliphatic heterocycles. The first-order valence-electron chi connectivity index (χ1n) is 16.3. The highest BCUT2D eigenvalue weighted by Crippen LogP contribution is 2.53. The number of ether oxygens (including phenoxy) is 2. The van der Waals surface area contributed by atoms with Gasteiger partial charge in [-0.1, -0.05) is 25.5 Å². The van der Waals surface area contributed by atoms with Crippen LogP contribution >= 0.6 is 0 Å². The van der Waals surface area contributed by atoms with Crippen molar-refractivity contribution in [3.63, 3.8) is 0 Å². The summed E-state index contributed by atoms with van der Waals surface area (Å²) < 4.78 is 11.3. The summed E-state index contributed by atoms with van der Waals surface area (Å²) in [4.78, 5) is 41.5. The molecule has 5 rings (SSSR count). The smallest absolute Gasteiger partial charge is 0.255 e. The van der Waals surface area contributed by atoms with Crippen molar-refractivity contribution >= 4 is 17.5 Å². The number of hydrogen-bond donors (Lipinski definition) is 6. The van der Waals surface area contributed by atoms with Gasteiger partial charge in [0.05, 0.1) is 18.7 Å². The van der Waals surface area contributed by atoms with Crippen LogP contribution in [0, 0.1) is 11.8 Å². The SMILES string of the molecule is CCCCOCCCNCc1ccc(OC)c(-c2ccc(O)c3c2CC2CC4C(N(C)C)C(O)=C(C(N)=O)C(=O)C4(O)C(O)=C2C3=O)c1. The topological polar surface area (TPSA) is 192 Å². The predicted octanol–water partition coefficient (Wildman–Crippen LogP) is 3.09. The molecule has 0 aromatic heterocycles. The summed E-state index contributed by atoms with van der Waals surface area (Å²) in [7, 11) is 4.74. The lowest BCUT2D eigenvalue weighted by Crippen LogP contribution is -2.63. The van der Waals surface area contributed by atoms with Gasteiger partial charge in [-0.05, 0) is 87.1 Å². The highest BCUT2D eigenvalue weighted by Gasteiger charge is 2.63. The number of fused-ring (bicyclic) bond motifs is 3. The minimum absolute atomic E-state index is 0.00408. The molecule has 0 saturated heterocycles. The number of nitrogens with two attached hydrogens (primary N) is 1. The van der Waals surface area contributed by atoms with E-state index in [9.17, 15) is 34.8 Å². The Kier molecular flexibility index (Phi) is 10.3. The summed E-state index contributed by atoms with van der Waals surface area (Å²) >= 11 is 0. The highest BCUT2D eigenvalue weighted by molar-refractivity contribution is 6.25. The Morgan fingerprint density at radius 3 is 2.48 bits per heavy atom. The van der Waals surface area contributed by atoms with Crippen LogP contribution in [0.3, 0.4) is 0 Å². The van der Waals surface area contributed by atoms with Crippen molar-refractivity contribution in [3.05, 3.63) is 69.7 Å². The molecule has 2 aromatic carbocycles. The number of carbonyl (C=O) groups excluding carboxylic acids is 3. The van der Waals surface area contributed by atoms with E-state index in [0.29, 0.717) is 35.6 Å². The number of phenols is 1. The Hall–Kier alpha value is -4.23. The van der Waals surface area contributed by atoms with Crippen LogP contribution < -0.4 is 15.8 Å². The van der Waals surface area contributed by atoms with Crippen LogP contribution in [0.1, 0.15) is 54.1 Å². The average molecular weight is 664 g/mol. The third-order valence-corrected chi connectivity index (χ3v) is 9.77. The number of likely N-dealkylation sites (N-methyl/N-ethyl adjacent to an activating group) is 1. The first-order valence-corrected chi connectivity index (χ1v) is 16.3. The lowest BCUT2D eigenvalue weighted by Gasteiger charge is -2.50. The summed E-state index contributed by atoms with van der Waals surface area (Å²) in [6, 6.07) is 7.83. The minimum atomic E-state index is -2.69. The lowest BCUT2D eigenvalue weighted by atomic mass is 9.58. The van der Waals surface area contributed by atoms with Crippen LogP contribution in [0.4, 0.5) is 0 Å². The van der Waals surface area contributed by atoms with Gasteiger partial charge in [-0.2, -0.15) is 0 Å². The van der Waals surface area contributed by atoms with E-state index in [2.05, 4.69) is 12.2 Å². The summed E-state index contributed by atoms with van der Waals surface area (Å²) in [6.07, 6.45) is 3.19. The molecule has 12 heteroatoms. The summed E-state index contributed by atoms with van der Waals surface area (Å²) in [5, 5.41) is 48.9. The Morgan fingerprint density at radius 1 is 1.08 bits per heavy atom. The van der Waals surface area contributed by atoms with Crippen LogP contribution in [0.2, 0.25) is 0 Å². The lowest BCUT2D eigenvalue weighted by molar-refractivity contribution is -0.148. The van der Waals surface area contributed by atoms with Gasteiger partial charge in [-0.15, -0.1) is 0 Å². The number of carbonyl (C=O) groups is 3. The number of amides is 1. The Bertz CT molecular complexity index is 1680. The van der Waals surface area contributed by atoms with Crippen molar-refractivity contribution < 1.29 is 44.3 Å². The molecule has 0 saturated carbocycles. The molecule has 12 nitrogen and oxygen atoms in total. The molecule has 7 N–H and O–H groups in total. The molecule has 4 unspecified atom stereocenters. The van der Waals surface area contributed by atoms with Crippen LogP contribution in [0.5, 0.6) is 11.5 Å². The van der Waals surface area contributed by atoms with E-state index in [1.54, 1.807) is 27.3 Å². The number of allylic oxidation sites excluding steroid dienone is 1. The number of benzene rings is 2. The number of rotatable bonds is 13. The maximum absolute atomic E-state index is 14.2. The maximum Gasteiger partial charge on any atom is 0.255 e. The molecule has 0 spiro atoms. The van der Waals surface area contributed by atoms with Crippen molar-refractivity contribution in [1.82, 2.24) is 10.2 Å². The van der Waals surface area contributed by atoms with E-state index in [1.807, 2.05) is 18.2 Å². The standard InChI is InChI=1S/C36H45N3O9/c1-5-6-13-48-14-7-12-38-18-19-8-11-26(47-4)22(15-19)21-9-10-25(40)28-23(21)16-20-17-24-30(39(2)3)32(42)29(35(37)45)34(44)36(24,46)33(43)27(20)31(28)41/h8-11,15,20,24,30,38,40,42-43,46H,5-7,12-14,16-18H2,1-4H3,(H2,37,45). The van der Waals surface area contributed by atoms with Gasteiger partial charge in [0.1, 0.15) is 28.6 Å². The van der Waals surface area contributed by atoms with Gasteiger partial charge in [-0.25, -0.2) is 0 Å². The van der Waals surface area contributed by atoms with Crippen molar-refractivity contribution in [2.75, 3.05) is 41.0 Å². The van der Waals surface area contributed by atoms with Crippen molar-refractivity contribution in [2.24, 2.45) is 17.6 Å². The van der Waals surface area contributed by atoms with E-state index < -0.39 is 58.0 Å². The average Bonchev–Trinajstić information content (AvgIpc) is 3.03. The predicted molar refractivity (Wildman–Crippen MR) is 178 cm³/mol. The van der Waals surface area contributed by atoms with Gasteiger partial charge in [0.25, 0.3) is 5.91 Å². The van der Waals surface area contributed by atoms with Gasteiger partial charge < -0.3 is 41.0 Å². The number of unbranched alkanes of at least 4 members (excludes halogenated alkanes) is 1. The second-order valence-electron chi connectivity index (χ2n) is 13.0. The first kappa shape index (κ1) is 35.1. The molecule has 48 heavy (non-hydrogen) atoms. The normalized spacial score (nSPS) is 23.7. The quantitative estimate of drug-likeness (QED) is 0.136. The number of nitrogens with zero attached hydrogens (tertiary/aromatic N) is 1. The fourth-order valence-electron chi connectivity index (χ4n) is 7.46. The van der Waals surface area contributed by atoms with Gasteiger partial charge in [-0.3, -0.25) is 19.3 Å². The first-order chi connectivity index (χ1) is 22.9. The Labute approximate surface area is 279 Å². The van der Waals surface area contributed by atoms with Crippen molar-refractivity contribution in [1.29, 1.82) is 0 Å². The van der Waals surface area contributed by atoms with E-state index in [1.165, 1.54) is 11.0 Å². The molecular formula is C36H45N3O9. The number of aliphatic hydroxyl groups is 3. The molecule has 3 aliphatic rings. The van der Waals surface area contributed by atoms with E-state index in [4.69, 9.17) is 15.2 Å². The molecule has 0 radical (unpaired) electrons. The second-order valence-corrected chi connectivity index (χ2v) is 13.0. The number of phenolic OH excluding ortho intramolecular Hbond substituents is 1. The third kappa shape index (κ3) is 5.98. The molecule has 0 bridgehead atoms. The molecule has 3 aliphatic carbocycles. The minimum Gasteiger partial charge on any atom is -0.510 e. The van der Waals surface area contributed by atoms with Crippen LogP contribution in [0.15, 0.2) is 53.0 Å². The number of nitrogens with one attached hydrogen (secondary N) is 1. The summed E-state index contributed by atoms with van der Waals surface area (Å²) in [5.74, 6) is -6.33. The van der Waals surface area contributed by atoms with E-state index >= 15 is 0 Å². The number of primary amides is 1. The van der Waals surface area contributed by atoms with Gasteiger partial charge in [0.15, 0.2) is 11.4 Å². The Morgan fingerprint density at radius 2 is 1.81 bits per heavy atom. The monoisotopic (exact) mass is 663 g/mol. The third-order valence-electron chi connectivity index (χ3n) is 9.77. The van der Waals surface area contributed by atoms with Crippen LogP contribution in [-0.4, -0.2) is 95.4 Å². The number of aliphatic hydroxyl groups excluding tert-OH is 2. The molecular weight excluding hydrogens is 618 g/mol. The van der Waals surface area contributed by atoms with Crippen LogP contribution in [-0.2, 0) is 27.3 Å². The number of ketones is 2. The van der Waals surface area contributed by atoms with E-state index in [0.717, 1.165) is 38.0 Å². The zero-order valence-corrected chi connectivity index (χ0v) is 27.8. The molecule has 1 amide bonds. The molecule has 2 aromatic rings. The fourth-order valence-corrected chi connectivity index (χ4v) is 7.46. The zero-order chi connectivity index (χ0) is 34.9. The number of hydrogen-bond acceptors (Lipinski definition) is 11. The largest absolute Gasteiger partial charge is 0.510 e. The van der Waals surface area contributed by atoms with Gasteiger partial charge in [0.2, 0.25) is 5.78 Å². The van der Waals surface area contributed by atoms with Crippen molar-refractivity contribution in [2.45, 2.75) is 57.2 Å². The number of methoxy groups -OCH3 is 1. The second kappa shape index (κ2) is 14.1. The highest BCUT2D eigenvalue weighted by atomic mass is 16.5. The summed E-state index contributed by atoms with van der Waals surface area (Å²) in [5.41, 5.74) is 4.50. The van der Waals surface area contributed by atoms with E-state index in [-0.39, 0.29) is 29.7 Å². The number of Topliss-reactive ketones (excluding diaryl/α,β-unsaturated/α-hetero) is 2. The number of aromatic hydroxyl groups is 1. The molecule has 4 atom stereocenters. The molecule has 0 heterocycles.